The maximum atomic E-state index is 12.9. The van der Waals surface area contributed by atoms with E-state index in [2.05, 4.69) is 4.90 Å². The molecule has 0 bridgehead atoms. The van der Waals surface area contributed by atoms with Crippen molar-refractivity contribution >= 4 is 29.2 Å². The van der Waals surface area contributed by atoms with E-state index in [-0.39, 0.29) is 18.4 Å². The number of hydrogen-bond donors (Lipinski definition) is 1. The Hall–Kier alpha value is -1.76. The molecule has 156 valence electrons. The molecular formula is C21H20Cl2F3NO2. The van der Waals surface area contributed by atoms with Crippen LogP contribution in [0.2, 0.25) is 10.0 Å². The van der Waals surface area contributed by atoms with Crippen molar-refractivity contribution in [3.8, 4) is 0 Å². The molecule has 2 aromatic carbocycles. The third kappa shape index (κ3) is 5.44. The van der Waals surface area contributed by atoms with Gasteiger partial charge in [-0.1, -0.05) is 41.4 Å². The summed E-state index contributed by atoms with van der Waals surface area (Å²) in [6.45, 7) is 1.04. The summed E-state index contributed by atoms with van der Waals surface area (Å²) in [5, 5.41) is 10.2. The van der Waals surface area contributed by atoms with E-state index in [1.807, 2.05) is 0 Å². The van der Waals surface area contributed by atoms with Crippen molar-refractivity contribution in [3.05, 3.63) is 69.2 Å². The molecule has 2 aromatic rings. The molecule has 0 radical (unpaired) electrons. The first-order valence-corrected chi connectivity index (χ1v) is 9.96. The fraction of sp³-hybridized carbons (Fsp3) is 0.381. The Morgan fingerprint density at radius 2 is 1.72 bits per heavy atom. The second-order valence-electron chi connectivity index (χ2n) is 7.29. The minimum atomic E-state index is -4.40. The summed E-state index contributed by atoms with van der Waals surface area (Å²) in [6, 6.07) is 10.1. The van der Waals surface area contributed by atoms with Crippen molar-refractivity contribution in [3.63, 3.8) is 0 Å². The molecule has 1 N–H and O–H groups in total. The number of rotatable bonds is 5. The Balaban J connectivity index is 1.89. The van der Waals surface area contributed by atoms with Gasteiger partial charge in [-0.3, -0.25) is 9.69 Å². The highest BCUT2D eigenvalue weighted by atomic mass is 35.5. The molecule has 1 fully saturated rings. The second kappa shape index (κ2) is 8.94. The van der Waals surface area contributed by atoms with E-state index in [0.717, 1.165) is 23.3 Å². The summed E-state index contributed by atoms with van der Waals surface area (Å²) < 4.78 is 38.7. The van der Waals surface area contributed by atoms with Gasteiger partial charge in [-0.15, -0.1) is 0 Å². The van der Waals surface area contributed by atoms with Gasteiger partial charge in [0.2, 0.25) is 0 Å². The molecule has 2 atom stereocenters. The summed E-state index contributed by atoms with van der Waals surface area (Å²) in [5.74, 6) is -0.915. The first kappa shape index (κ1) is 21.9. The Morgan fingerprint density at radius 3 is 2.28 bits per heavy atom. The summed E-state index contributed by atoms with van der Waals surface area (Å²) >= 11 is 12.6. The molecule has 0 spiro atoms. The van der Waals surface area contributed by atoms with E-state index < -0.39 is 17.7 Å². The first-order chi connectivity index (χ1) is 13.6. The minimum absolute atomic E-state index is 0.0395. The van der Waals surface area contributed by atoms with Gasteiger partial charge in [0, 0.05) is 34.6 Å². The van der Waals surface area contributed by atoms with Crippen molar-refractivity contribution in [1.82, 2.24) is 4.90 Å². The highest BCUT2D eigenvalue weighted by Gasteiger charge is 2.33. The van der Waals surface area contributed by atoms with Crippen LogP contribution in [0.5, 0.6) is 0 Å². The van der Waals surface area contributed by atoms with Crippen LogP contribution in [0.1, 0.15) is 42.0 Å². The van der Waals surface area contributed by atoms with Crippen LogP contribution in [0.4, 0.5) is 13.2 Å². The zero-order valence-corrected chi connectivity index (χ0v) is 16.9. The first-order valence-electron chi connectivity index (χ1n) is 9.21. The maximum Gasteiger partial charge on any atom is 0.416 e. The maximum absolute atomic E-state index is 12.9. The standard InChI is InChI=1S/C21H20Cl2F3NO2/c22-17-2-1-3-18(23)16(17)12-27-9-8-13(11-20(28)29)10-19(27)14-4-6-15(7-5-14)21(24,25)26/h1-7,13,19H,8-12H2,(H,28,29). The molecule has 3 nitrogen and oxygen atoms in total. The Morgan fingerprint density at radius 1 is 1.10 bits per heavy atom. The Kier molecular flexibility index (Phi) is 6.76. The van der Waals surface area contributed by atoms with Crippen LogP contribution in [0.25, 0.3) is 0 Å². The number of likely N-dealkylation sites (tertiary alicyclic amines) is 1. The molecule has 0 saturated carbocycles. The Labute approximate surface area is 177 Å². The lowest BCUT2D eigenvalue weighted by molar-refractivity contribution is -0.139. The largest absolute Gasteiger partial charge is 0.481 e. The molecule has 8 heteroatoms. The lowest BCUT2D eigenvalue weighted by Gasteiger charge is -2.40. The number of hydrogen-bond acceptors (Lipinski definition) is 2. The zero-order chi connectivity index (χ0) is 21.2. The van der Waals surface area contributed by atoms with Crippen LogP contribution in [0.15, 0.2) is 42.5 Å². The molecular weight excluding hydrogens is 426 g/mol. The molecule has 1 saturated heterocycles. The molecule has 2 unspecified atom stereocenters. The van der Waals surface area contributed by atoms with Gasteiger partial charge < -0.3 is 5.11 Å². The summed E-state index contributed by atoms with van der Waals surface area (Å²) in [7, 11) is 0. The summed E-state index contributed by atoms with van der Waals surface area (Å²) in [6.07, 6.45) is -3.13. The summed E-state index contributed by atoms with van der Waals surface area (Å²) in [5.41, 5.74) is 0.764. The number of carbonyl (C=O) groups is 1. The topological polar surface area (TPSA) is 40.5 Å². The normalized spacial score (nSPS) is 20.6. The van der Waals surface area contributed by atoms with Crippen LogP contribution in [-0.2, 0) is 17.5 Å². The molecule has 0 aliphatic carbocycles. The van der Waals surface area contributed by atoms with Crippen molar-refractivity contribution in [2.45, 2.75) is 38.0 Å². The van der Waals surface area contributed by atoms with Crippen molar-refractivity contribution in [1.29, 1.82) is 0 Å². The van der Waals surface area contributed by atoms with Crippen molar-refractivity contribution < 1.29 is 23.1 Å². The van der Waals surface area contributed by atoms with Gasteiger partial charge in [0.1, 0.15) is 0 Å². The van der Waals surface area contributed by atoms with Gasteiger partial charge >= 0.3 is 12.1 Å². The van der Waals surface area contributed by atoms with Crippen LogP contribution >= 0.6 is 23.2 Å². The van der Waals surface area contributed by atoms with E-state index in [9.17, 15) is 18.0 Å². The van der Waals surface area contributed by atoms with Crippen LogP contribution < -0.4 is 0 Å². The van der Waals surface area contributed by atoms with Crippen molar-refractivity contribution in [2.24, 2.45) is 5.92 Å². The Bertz CT molecular complexity index is 851. The number of nitrogens with zero attached hydrogens (tertiary/aromatic N) is 1. The smallest absolute Gasteiger partial charge is 0.416 e. The minimum Gasteiger partial charge on any atom is -0.481 e. The van der Waals surface area contributed by atoms with Gasteiger partial charge in [0.15, 0.2) is 0 Å². The highest BCUT2D eigenvalue weighted by molar-refractivity contribution is 6.35. The lowest BCUT2D eigenvalue weighted by atomic mass is 9.84. The average molecular weight is 446 g/mol. The van der Waals surface area contributed by atoms with Gasteiger partial charge in [0.25, 0.3) is 0 Å². The molecule has 1 heterocycles. The van der Waals surface area contributed by atoms with Gasteiger partial charge in [-0.2, -0.15) is 13.2 Å². The number of alkyl halides is 3. The third-order valence-corrected chi connectivity index (χ3v) is 6.04. The van der Waals surface area contributed by atoms with Gasteiger partial charge in [-0.25, -0.2) is 0 Å². The van der Waals surface area contributed by atoms with Gasteiger partial charge in [0.05, 0.1) is 5.56 Å². The average Bonchev–Trinajstić information content (AvgIpc) is 2.64. The van der Waals surface area contributed by atoms with E-state index >= 15 is 0 Å². The molecule has 1 aliphatic rings. The monoisotopic (exact) mass is 445 g/mol. The number of carboxylic acids is 1. The SMILES string of the molecule is O=C(O)CC1CCN(Cc2c(Cl)cccc2Cl)C(c2ccc(C(F)(F)F)cc2)C1. The lowest BCUT2D eigenvalue weighted by Crippen LogP contribution is -2.37. The molecule has 1 aliphatic heterocycles. The van der Waals surface area contributed by atoms with E-state index in [4.69, 9.17) is 28.3 Å². The van der Waals surface area contributed by atoms with Crippen LogP contribution in [0.3, 0.4) is 0 Å². The third-order valence-electron chi connectivity index (χ3n) is 5.33. The zero-order valence-electron chi connectivity index (χ0n) is 15.4. The predicted molar refractivity (Wildman–Crippen MR) is 106 cm³/mol. The molecule has 0 amide bonds. The highest BCUT2D eigenvalue weighted by Crippen LogP contribution is 2.39. The van der Waals surface area contributed by atoms with Crippen LogP contribution in [-0.4, -0.2) is 22.5 Å². The van der Waals surface area contributed by atoms with Gasteiger partial charge in [-0.05, 0) is 55.1 Å². The number of piperidine rings is 1. The second-order valence-corrected chi connectivity index (χ2v) is 8.11. The van der Waals surface area contributed by atoms with E-state index in [0.29, 0.717) is 36.0 Å². The number of carboxylic acid groups (broad SMARTS) is 1. The number of halogens is 5. The fourth-order valence-electron chi connectivity index (χ4n) is 3.84. The quantitative estimate of drug-likeness (QED) is 0.575. The molecule has 29 heavy (non-hydrogen) atoms. The number of benzene rings is 2. The predicted octanol–water partition coefficient (Wildman–Crippen LogP) is 6.44. The van der Waals surface area contributed by atoms with E-state index in [1.54, 1.807) is 18.2 Å². The summed E-state index contributed by atoms with van der Waals surface area (Å²) in [4.78, 5) is 13.3. The van der Waals surface area contributed by atoms with Crippen LogP contribution in [0, 0.1) is 5.92 Å². The number of aliphatic carboxylic acids is 1. The molecule has 0 aromatic heterocycles. The fourth-order valence-corrected chi connectivity index (χ4v) is 4.35. The molecule has 3 rings (SSSR count). The van der Waals surface area contributed by atoms with E-state index in [1.165, 1.54) is 12.1 Å². The van der Waals surface area contributed by atoms with Crippen molar-refractivity contribution in [2.75, 3.05) is 6.54 Å².